The van der Waals surface area contributed by atoms with Gasteiger partial charge >= 0.3 is 0 Å². The van der Waals surface area contributed by atoms with E-state index in [1.165, 1.54) is 5.56 Å². The van der Waals surface area contributed by atoms with Gasteiger partial charge in [-0.2, -0.15) is 0 Å². The minimum atomic E-state index is -0.542. The molecule has 7 heteroatoms. The lowest BCUT2D eigenvalue weighted by Crippen LogP contribution is -2.47. The number of carbonyl (C=O) groups excluding carboxylic acids is 3. The summed E-state index contributed by atoms with van der Waals surface area (Å²) >= 11 is 0. The van der Waals surface area contributed by atoms with Crippen molar-refractivity contribution in [1.29, 1.82) is 0 Å². The van der Waals surface area contributed by atoms with E-state index >= 15 is 0 Å². The van der Waals surface area contributed by atoms with Crippen LogP contribution in [0, 0.1) is 5.41 Å². The Balaban J connectivity index is 1.55. The number of fused-ring (bicyclic) bond motifs is 1. The Morgan fingerprint density at radius 2 is 1.77 bits per heavy atom. The van der Waals surface area contributed by atoms with Crippen LogP contribution in [0.1, 0.15) is 43.1 Å². The standard InChI is InChI=1S/C23H28N4O3/c1-23(2,3)22(30)24-18-11-6-9-17(14-18)21(29)26-25-20(28)15-27-13-7-10-16-8-4-5-12-19(16)27/h4-6,8-9,11-12,14H,7,10,13,15H2,1-3H3,(H,24,30)(H,25,28)(H,26,29). The maximum absolute atomic E-state index is 12.4. The summed E-state index contributed by atoms with van der Waals surface area (Å²) in [7, 11) is 0. The minimum Gasteiger partial charge on any atom is -0.362 e. The van der Waals surface area contributed by atoms with Gasteiger partial charge in [-0.1, -0.05) is 45.0 Å². The molecule has 3 N–H and O–H groups in total. The predicted octanol–water partition coefficient (Wildman–Crippen LogP) is 2.89. The number of nitrogens with zero attached hydrogens (tertiary/aromatic N) is 1. The zero-order valence-corrected chi connectivity index (χ0v) is 17.6. The van der Waals surface area contributed by atoms with Crippen molar-refractivity contribution in [2.45, 2.75) is 33.6 Å². The van der Waals surface area contributed by atoms with Crippen LogP contribution in [-0.4, -0.2) is 30.8 Å². The third-order valence-corrected chi connectivity index (χ3v) is 4.92. The second-order valence-corrected chi connectivity index (χ2v) is 8.44. The zero-order chi connectivity index (χ0) is 21.7. The SMILES string of the molecule is CC(C)(C)C(=O)Nc1cccc(C(=O)NNC(=O)CN2CCCc3ccccc32)c1. The largest absolute Gasteiger partial charge is 0.362 e. The quantitative estimate of drug-likeness (QED) is 0.679. The van der Waals surface area contributed by atoms with Crippen molar-refractivity contribution in [3.8, 4) is 0 Å². The number of aryl methyl sites for hydroxylation is 1. The normalized spacial score (nSPS) is 13.2. The fourth-order valence-electron chi connectivity index (χ4n) is 3.24. The fraction of sp³-hybridized carbons (Fsp3) is 0.348. The summed E-state index contributed by atoms with van der Waals surface area (Å²) in [5.41, 5.74) is 7.54. The Kier molecular flexibility index (Phi) is 6.40. The van der Waals surface area contributed by atoms with Gasteiger partial charge in [-0.15, -0.1) is 0 Å². The molecule has 0 radical (unpaired) electrons. The molecule has 0 saturated carbocycles. The van der Waals surface area contributed by atoms with Gasteiger partial charge in [0, 0.05) is 28.9 Å². The molecule has 3 amide bonds. The second-order valence-electron chi connectivity index (χ2n) is 8.44. The van der Waals surface area contributed by atoms with E-state index in [2.05, 4.69) is 22.2 Å². The molecule has 3 rings (SSSR count). The summed E-state index contributed by atoms with van der Waals surface area (Å²) in [5, 5.41) is 2.79. The molecule has 158 valence electrons. The first-order valence-electron chi connectivity index (χ1n) is 10.1. The molecule has 0 spiro atoms. The average molecular weight is 409 g/mol. The number of benzene rings is 2. The molecule has 1 heterocycles. The van der Waals surface area contributed by atoms with Crippen LogP contribution in [0.15, 0.2) is 48.5 Å². The lowest BCUT2D eigenvalue weighted by molar-refractivity contribution is -0.123. The highest BCUT2D eigenvalue weighted by atomic mass is 16.2. The smallest absolute Gasteiger partial charge is 0.269 e. The van der Waals surface area contributed by atoms with Crippen molar-refractivity contribution in [2.75, 3.05) is 23.3 Å². The van der Waals surface area contributed by atoms with E-state index in [1.54, 1.807) is 24.3 Å². The molecular formula is C23H28N4O3. The van der Waals surface area contributed by atoms with Crippen LogP contribution in [0.25, 0.3) is 0 Å². The molecule has 0 aromatic heterocycles. The summed E-state index contributed by atoms with van der Waals surface area (Å²) in [6, 6.07) is 14.6. The third-order valence-electron chi connectivity index (χ3n) is 4.92. The van der Waals surface area contributed by atoms with Gasteiger partial charge in [-0.25, -0.2) is 0 Å². The van der Waals surface area contributed by atoms with E-state index in [-0.39, 0.29) is 18.4 Å². The molecule has 1 aliphatic heterocycles. The molecule has 0 bridgehead atoms. The van der Waals surface area contributed by atoms with Crippen LogP contribution in [0.2, 0.25) is 0 Å². The number of hydrazine groups is 1. The van der Waals surface area contributed by atoms with Gasteiger partial charge in [0.25, 0.3) is 11.8 Å². The Morgan fingerprint density at radius 3 is 2.53 bits per heavy atom. The Bertz CT molecular complexity index is 949. The number of anilines is 2. The molecule has 0 atom stereocenters. The van der Waals surface area contributed by atoms with Gasteiger partial charge in [-0.05, 0) is 42.7 Å². The van der Waals surface area contributed by atoms with Crippen molar-refractivity contribution in [1.82, 2.24) is 10.9 Å². The molecule has 0 aliphatic carbocycles. The number of carbonyl (C=O) groups is 3. The molecule has 30 heavy (non-hydrogen) atoms. The lowest BCUT2D eigenvalue weighted by Gasteiger charge is -2.30. The minimum absolute atomic E-state index is 0.143. The maximum atomic E-state index is 12.4. The van der Waals surface area contributed by atoms with Gasteiger partial charge < -0.3 is 10.2 Å². The van der Waals surface area contributed by atoms with E-state index in [9.17, 15) is 14.4 Å². The van der Waals surface area contributed by atoms with E-state index < -0.39 is 11.3 Å². The van der Waals surface area contributed by atoms with Gasteiger partial charge in [0.15, 0.2) is 0 Å². The van der Waals surface area contributed by atoms with Crippen LogP contribution >= 0.6 is 0 Å². The van der Waals surface area contributed by atoms with Crippen molar-refractivity contribution in [3.63, 3.8) is 0 Å². The Hall–Kier alpha value is -3.35. The Labute approximate surface area is 176 Å². The Morgan fingerprint density at radius 1 is 1.00 bits per heavy atom. The summed E-state index contributed by atoms with van der Waals surface area (Å²) in [4.78, 5) is 38.9. The van der Waals surface area contributed by atoms with E-state index in [1.807, 2.05) is 43.9 Å². The summed E-state index contributed by atoms with van der Waals surface area (Å²) in [5.74, 6) is -0.887. The third kappa shape index (κ3) is 5.37. The summed E-state index contributed by atoms with van der Waals surface area (Å²) in [6.07, 6.45) is 2.00. The maximum Gasteiger partial charge on any atom is 0.269 e. The highest BCUT2D eigenvalue weighted by Crippen LogP contribution is 2.26. The summed E-state index contributed by atoms with van der Waals surface area (Å²) in [6.45, 7) is 6.41. The van der Waals surface area contributed by atoms with E-state index in [0.717, 1.165) is 25.1 Å². The van der Waals surface area contributed by atoms with Crippen LogP contribution in [0.3, 0.4) is 0 Å². The van der Waals surface area contributed by atoms with Gasteiger partial charge in [-0.3, -0.25) is 25.2 Å². The number of hydrogen-bond donors (Lipinski definition) is 3. The van der Waals surface area contributed by atoms with Crippen LogP contribution in [0.5, 0.6) is 0 Å². The zero-order valence-electron chi connectivity index (χ0n) is 17.6. The molecular weight excluding hydrogens is 380 g/mol. The van der Waals surface area contributed by atoms with Gasteiger partial charge in [0.1, 0.15) is 0 Å². The number of nitrogens with one attached hydrogen (secondary N) is 3. The van der Waals surface area contributed by atoms with Crippen LogP contribution < -0.4 is 21.1 Å². The predicted molar refractivity (Wildman–Crippen MR) is 117 cm³/mol. The first-order valence-corrected chi connectivity index (χ1v) is 10.1. The number of hydrogen-bond acceptors (Lipinski definition) is 4. The first kappa shape index (κ1) is 21.4. The van der Waals surface area contributed by atoms with Crippen LogP contribution in [0.4, 0.5) is 11.4 Å². The van der Waals surface area contributed by atoms with Crippen molar-refractivity contribution in [2.24, 2.45) is 5.41 Å². The molecule has 2 aromatic carbocycles. The molecule has 0 saturated heterocycles. The highest BCUT2D eigenvalue weighted by Gasteiger charge is 2.22. The summed E-state index contributed by atoms with van der Waals surface area (Å²) < 4.78 is 0. The highest BCUT2D eigenvalue weighted by molar-refractivity contribution is 5.99. The topological polar surface area (TPSA) is 90.5 Å². The second kappa shape index (κ2) is 8.98. The number of para-hydroxylation sites is 1. The molecule has 1 aliphatic rings. The van der Waals surface area contributed by atoms with E-state index in [4.69, 9.17) is 0 Å². The van der Waals surface area contributed by atoms with Gasteiger partial charge in [0.05, 0.1) is 6.54 Å². The molecule has 0 unspecified atom stereocenters. The lowest BCUT2D eigenvalue weighted by atomic mass is 9.95. The van der Waals surface area contributed by atoms with Crippen molar-refractivity contribution < 1.29 is 14.4 Å². The molecule has 2 aromatic rings. The van der Waals surface area contributed by atoms with Crippen molar-refractivity contribution in [3.05, 3.63) is 59.7 Å². The van der Waals surface area contributed by atoms with Crippen LogP contribution in [-0.2, 0) is 16.0 Å². The fourth-order valence-corrected chi connectivity index (χ4v) is 3.24. The molecule has 7 nitrogen and oxygen atoms in total. The number of amides is 3. The van der Waals surface area contributed by atoms with Gasteiger partial charge in [0.2, 0.25) is 5.91 Å². The molecule has 0 fully saturated rings. The number of rotatable bonds is 4. The average Bonchev–Trinajstić information content (AvgIpc) is 2.72. The first-order chi connectivity index (χ1) is 14.2. The van der Waals surface area contributed by atoms with E-state index in [0.29, 0.717) is 11.3 Å². The van der Waals surface area contributed by atoms with Crippen molar-refractivity contribution >= 4 is 29.1 Å². The monoisotopic (exact) mass is 408 g/mol.